The molecule has 0 unspecified atom stereocenters. The molecule has 0 spiro atoms. The summed E-state index contributed by atoms with van der Waals surface area (Å²) in [4.78, 5) is 11.7. The van der Waals surface area contributed by atoms with Crippen LogP contribution >= 0.6 is 0 Å². The molecule has 0 fully saturated rings. The molecule has 0 amide bonds. The van der Waals surface area contributed by atoms with Gasteiger partial charge in [0.1, 0.15) is 12.4 Å². The zero-order valence-corrected chi connectivity index (χ0v) is 11.7. The van der Waals surface area contributed by atoms with E-state index < -0.39 is 5.60 Å². The van der Waals surface area contributed by atoms with Crippen molar-refractivity contribution in [3.05, 3.63) is 29.8 Å². The minimum Gasteiger partial charge on any atom is -0.491 e. The van der Waals surface area contributed by atoms with E-state index in [1.54, 1.807) is 24.3 Å². The van der Waals surface area contributed by atoms with Crippen molar-refractivity contribution in [3.8, 4) is 5.75 Å². The van der Waals surface area contributed by atoms with Gasteiger partial charge in [-0.2, -0.15) is 0 Å². The normalized spacial score (nSPS) is 11.4. The summed E-state index contributed by atoms with van der Waals surface area (Å²) in [6, 6.07) is 7.00. The summed E-state index contributed by atoms with van der Waals surface area (Å²) in [5, 5.41) is 10.1. The van der Waals surface area contributed by atoms with Gasteiger partial charge in [-0.05, 0) is 31.5 Å². The van der Waals surface area contributed by atoms with Crippen molar-refractivity contribution in [3.63, 3.8) is 0 Å². The summed E-state index contributed by atoms with van der Waals surface area (Å²) in [7, 11) is 0. The summed E-state index contributed by atoms with van der Waals surface area (Å²) in [6.07, 6.45) is 1.60. The SMILES string of the molecule is CCC(O)(CC)COc1cccc(C(=O)CCN)c1. The molecule has 0 heterocycles. The molecule has 4 nitrogen and oxygen atoms in total. The fourth-order valence-corrected chi connectivity index (χ4v) is 1.71. The molecule has 0 atom stereocenters. The second-order valence-corrected chi connectivity index (χ2v) is 4.71. The smallest absolute Gasteiger partial charge is 0.164 e. The molecule has 0 aromatic heterocycles. The van der Waals surface area contributed by atoms with E-state index in [4.69, 9.17) is 10.5 Å². The van der Waals surface area contributed by atoms with Gasteiger partial charge >= 0.3 is 0 Å². The van der Waals surface area contributed by atoms with Gasteiger partial charge in [-0.1, -0.05) is 26.0 Å². The van der Waals surface area contributed by atoms with Crippen LogP contribution in [0, 0.1) is 0 Å². The van der Waals surface area contributed by atoms with Crippen molar-refractivity contribution in [1.82, 2.24) is 0 Å². The predicted molar refractivity (Wildman–Crippen MR) is 75.5 cm³/mol. The highest BCUT2D eigenvalue weighted by Gasteiger charge is 2.23. The van der Waals surface area contributed by atoms with Crippen molar-refractivity contribution in [2.75, 3.05) is 13.2 Å². The van der Waals surface area contributed by atoms with Gasteiger partial charge in [0.15, 0.2) is 5.78 Å². The van der Waals surface area contributed by atoms with E-state index >= 15 is 0 Å². The number of Topliss-reactive ketones (excluding diaryl/α,β-unsaturated/α-hetero) is 1. The van der Waals surface area contributed by atoms with Crippen molar-refractivity contribution in [2.45, 2.75) is 38.7 Å². The first-order valence-corrected chi connectivity index (χ1v) is 6.73. The number of ether oxygens (including phenoxy) is 1. The van der Waals surface area contributed by atoms with Crippen LogP contribution in [0.4, 0.5) is 0 Å². The average Bonchev–Trinajstić information content (AvgIpc) is 2.45. The fourth-order valence-electron chi connectivity index (χ4n) is 1.71. The lowest BCUT2D eigenvalue weighted by atomic mass is 9.99. The maximum Gasteiger partial charge on any atom is 0.164 e. The lowest BCUT2D eigenvalue weighted by molar-refractivity contribution is -0.0113. The highest BCUT2D eigenvalue weighted by atomic mass is 16.5. The Morgan fingerprint density at radius 3 is 2.63 bits per heavy atom. The van der Waals surface area contributed by atoms with Crippen LogP contribution in [-0.4, -0.2) is 29.6 Å². The summed E-state index contributed by atoms with van der Waals surface area (Å²) >= 11 is 0. The van der Waals surface area contributed by atoms with Crippen molar-refractivity contribution in [1.29, 1.82) is 0 Å². The van der Waals surface area contributed by atoms with Crippen LogP contribution < -0.4 is 10.5 Å². The first kappa shape index (κ1) is 15.7. The van der Waals surface area contributed by atoms with E-state index in [1.807, 2.05) is 13.8 Å². The van der Waals surface area contributed by atoms with Crippen LogP contribution in [-0.2, 0) is 0 Å². The van der Waals surface area contributed by atoms with Gasteiger partial charge in [0.25, 0.3) is 0 Å². The Balaban J connectivity index is 2.70. The standard InChI is InChI=1S/C15H23NO3/c1-3-15(18,4-2)11-19-13-7-5-6-12(10-13)14(17)8-9-16/h5-7,10,18H,3-4,8-9,11,16H2,1-2H3. The number of aliphatic hydroxyl groups is 1. The molecule has 0 aliphatic rings. The van der Waals surface area contributed by atoms with Gasteiger partial charge in [-0.15, -0.1) is 0 Å². The third-order valence-electron chi connectivity index (χ3n) is 3.35. The zero-order chi connectivity index (χ0) is 14.3. The molecule has 4 heteroatoms. The van der Waals surface area contributed by atoms with E-state index in [2.05, 4.69) is 0 Å². The number of rotatable bonds is 8. The molecule has 3 N–H and O–H groups in total. The van der Waals surface area contributed by atoms with E-state index in [9.17, 15) is 9.90 Å². The molecule has 0 radical (unpaired) electrons. The van der Waals surface area contributed by atoms with E-state index in [0.29, 0.717) is 37.1 Å². The molecule has 1 rings (SSSR count). The number of nitrogens with two attached hydrogens (primary N) is 1. The Morgan fingerprint density at radius 2 is 2.05 bits per heavy atom. The summed E-state index contributed by atoms with van der Waals surface area (Å²) in [5.41, 5.74) is 5.16. The molecule has 0 bridgehead atoms. The molecule has 0 saturated carbocycles. The van der Waals surface area contributed by atoms with Gasteiger partial charge in [0, 0.05) is 12.0 Å². The third-order valence-corrected chi connectivity index (χ3v) is 3.35. The van der Waals surface area contributed by atoms with Crippen LogP contribution in [0.1, 0.15) is 43.5 Å². The van der Waals surface area contributed by atoms with Crippen molar-refractivity contribution >= 4 is 5.78 Å². The molecule has 0 saturated heterocycles. The lowest BCUT2D eigenvalue weighted by Crippen LogP contribution is -2.34. The monoisotopic (exact) mass is 265 g/mol. The molecular formula is C15H23NO3. The minimum absolute atomic E-state index is 0.00851. The molecule has 0 aliphatic carbocycles. The molecule has 1 aromatic carbocycles. The summed E-state index contributed by atoms with van der Waals surface area (Å²) < 4.78 is 5.59. The van der Waals surface area contributed by atoms with E-state index in [0.717, 1.165) is 0 Å². The third kappa shape index (κ3) is 4.65. The maximum atomic E-state index is 11.7. The summed E-state index contributed by atoms with van der Waals surface area (Å²) in [6.45, 7) is 4.42. The van der Waals surface area contributed by atoms with Crippen LogP contribution in [0.25, 0.3) is 0 Å². The van der Waals surface area contributed by atoms with E-state index in [-0.39, 0.29) is 12.4 Å². The van der Waals surface area contributed by atoms with Gasteiger partial charge in [-0.3, -0.25) is 4.79 Å². The molecule has 0 aliphatic heterocycles. The van der Waals surface area contributed by atoms with Crippen LogP contribution in [0.5, 0.6) is 5.75 Å². The average molecular weight is 265 g/mol. The van der Waals surface area contributed by atoms with Crippen molar-refractivity contribution in [2.24, 2.45) is 5.73 Å². The second kappa shape index (κ2) is 7.26. The lowest BCUT2D eigenvalue weighted by Gasteiger charge is -2.25. The quantitative estimate of drug-likeness (QED) is 0.706. The first-order chi connectivity index (χ1) is 9.04. The first-order valence-electron chi connectivity index (χ1n) is 6.73. The second-order valence-electron chi connectivity index (χ2n) is 4.71. The highest BCUT2D eigenvalue weighted by molar-refractivity contribution is 5.96. The number of hydrogen-bond donors (Lipinski definition) is 2. The minimum atomic E-state index is -0.808. The van der Waals surface area contributed by atoms with Crippen LogP contribution in [0.3, 0.4) is 0 Å². The summed E-state index contributed by atoms with van der Waals surface area (Å²) in [5.74, 6) is 0.609. The molecule has 106 valence electrons. The Bertz CT molecular complexity index is 414. The topological polar surface area (TPSA) is 72.5 Å². The highest BCUT2D eigenvalue weighted by Crippen LogP contribution is 2.19. The largest absolute Gasteiger partial charge is 0.491 e. The maximum absolute atomic E-state index is 11.7. The number of carbonyl (C=O) groups excluding carboxylic acids is 1. The number of benzene rings is 1. The van der Waals surface area contributed by atoms with Gasteiger partial charge in [-0.25, -0.2) is 0 Å². The fraction of sp³-hybridized carbons (Fsp3) is 0.533. The molecular weight excluding hydrogens is 242 g/mol. The van der Waals surface area contributed by atoms with Crippen LogP contribution in [0.2, 0.25) is 0 Å². The van der Waals surface area contributed by atoms with Crippen LogP contribution in [0.15, 0.2) is 24.3 Å². The Hall–Kier alpha value is -1.39. The molecule has 19 heavy (non-hydrogen) atoms. The van der Waals surface area contributed by atoms with E-state index in [1.165, 1.54) is 0 Å². The Morgan fingerprint density at radius 1 is 1.37 bits per heavy atom. The van der Waals surface area contributed by atoms with Gasteiger partial charge in [0.05, 0.1) is 5.60 Å². The number of ketones is 1. The van der Waals surface area contributed by atoms with Crippen molar-refractivity contribution < 1.29 is 14.6 Å². The number of hydrogen-bond acceptors (Lipinski definition) is 4. The Kier molecular flexibility index (Phi) is 5.99. The predicted octanol–water partition coefficient (Wildman–Crippen LogP) is 2.15. The molecule has 1 aromatic rings. The zero-order valence-electron chi connectivity index (χ0n) is 11.7. The Labute approximate surface area is 114 Å². The number of carbonyl (C=O) groups is 1. The van der Waals surface area contributed by atoms with Gasteiger partial charge < -0.3 is 15.6 Å². The van der Waals surface area contributed by atoms with Gasteiger partial charge in [0.2, 0.25) is 0 Å².